The fourth-order valence-corrected chi connectivity index (χ4v) is 2.40. The molecular weight excluding hydrogens is 257 g/mol. The van der Waals surface area contributed by atoms with Crippen molar-refractivity contribution < 1.29 is 9.13 Å². The SMILES string of the molecule is CNC(Cc1ccc(OC)c(F)c1)c1cn(C)nc1C. The lowest BCUT2D eigenvalue weighted by molar-refractivity contribution is 0.386. The molecule has 1 heterocycles. The highest BCUT2D eigenvalue weighted by molar-refractivity contribution is 5.31. The summed E-state index contributed by atoms with van der Waals surface area (Å²) >= 11 is 0. The van der Waals surface area contributed by atoms with Crippen molar-refractivity contribution in [2.24, 2.45) is 7.05 Å². The summed E-state index contributed by atoms with van der Waals surface area (Å²) in [6.07, 6.45) is 2.69. The molecule has 0 bridgehead atoms. The normalized spacial score (nSPS) is 12.4. The standard InChI is InChI=1S/C15H20FN3O/c1-10-12(9-19(3)18-10)14(17-2)8-11-5-6-15(20-4)13(16)7-11/h5-7,9,14,17H,8H2,1-4H3. The number of ether oxygens (including phenoxy) is 1. The summed E-state index contributed by atoms with van der Waals surface area (Å²) in [5, 5.41) is 7.61. The Bertz CT molecular complexity index is 595. The highest BCUT2D eigenvalue weighted by atomic mass is 19.1. The van der Waals surface area contributed by atoms with Crippen LogP contribution in [-0.4, -0.2) is 23.9 Å². The first-order valence-corrected chi connectivity index (χ1v) is 6.55. The highest BCUT2D eigenvalue weighted by Crippen LogP contribution is 2.24. The van der Waals surface area contributed by atoms with Crippen molar-refractivity contribution in [3.8, 4) is 5.75 Å². The Morgan fingerprint density at radius 2 is 2.20 bits per heavy atom. The Morgan fingerprint density at radius 1 is 1.45 bits per heavy atom. The van der Waals surface area contributed by atoms with E-state index in [1.807, 2.05) is 33.3 Å². The molecular formula is C15H20FN3O. The molecule has 0 aliphatic heterocycles. The molecule has 0 radical (unpaired) electrons. The fourth-order valence-electron chi connectivity index (χ4n) is 2.40. The molecule has 0 saturated heterocycles. The van der Waals surface area contributed by atoms with Crippen molar-refractivity contribution in [2.75, 3.05) is 14.2 Å². The molecule has 4 nitrogen and oxygen atoms in total. The van der Waals surface area contributed by atoms with E-state index in [1.54, 1.807) is 10.7 Å². The minimum absolute atomic E-state index is 0.108. The zero-order valence-electron chi connectivity index (χ0n) is 12.3. The number of halogens is 1. The molecule has 0 amide bonds. The van der Waals surface area contributed by atoms with E-state index in [-0.39, 0.29) is 17.6 Å². The Balaban J connectivity index is 2.22. The van der Waals surface area contributed by atoms with Gasteiger partial charge >= 0.3 is 0 Å². The molecule has 5 heteroatoms. The van der Waals surface area contributed by atoms with Gasteiger partial charge in [0.1, 0.15) is 0 Å². The summed E-state index contributed by atoms with van der Waals surface area (Å²) < 4.78 is 20.5. The predicted molar refractivity (Wildman–Crippen MR) is 76.4 cm³/mol. The maximum Gasteiger partial charge on any atom is 0.165 e. The molecule has 0 aliphatic carbocycles. The van der Waals surface area contributed by atoms with Gasteiger partial charge in [-0.15, -0.1) is 0 Å². The number of rotatable bonds is 5. The van der Waals surface area contributed by atoms with Gasteiger partial charge in [-0.05, 0) is 38.1 Å². The zero-order valence-corrected chi connectivity index (χ0v) is 12.3. The van der Waals surface area contributed by atoms with Crippen molar-refractivity contribution in [1.29, 1.82) is 0 Å². The van der Waals surface area contributed by atoms with Crippen LogP contribution in [0.2, 0.25) is 0 Å². The van der Waals surface area contributed by atoms with Gasteiger partial charge < -0.3 is 10.1 Å². The molecule has 0 fully saturated rings. The van der Waals surface area contributed by atoms with Crippen LogP contribution < -0.4 is 10.1 Å². The molecule has 2 aromatic rings. The second-order valence-electron chi connectivity index (χ2n) is 4.86. The molecule has 1 aromatic carbocycles. The van der Waals surface area contributed by atoms with Crippen LogP contribution in [0.3, 0.4) is 0 Å². The third-order valence-electron chi connectivity index (χ3n) is 3.43. The average molecular weight is 277 g/mol. The van der Waals surface area contributed by atoms with E-state index in [4.69, 9.17) is 4.74 Å². The van der Waals surface area contributed by atoms with Crippen molar-refractivity contribution in [3.63, 3.8) is 0 Å². The van der Waals surface area contributed by atoms with E-state index in [9.17, 15) is 4.39 Å². The first kappa shape index (κ1) is 14.5. The van der Waals surface area contributed by atoms with Gasteiger partial charge in [0, 0.05) is 24.8 Å². The number of methoxy groups -OCH3 is 1. The number of benzene rings is 1. The van der Waals surface area contributed by atoms with Crippen LogP contribution in [0.4, 0.5) is 4.39 Å². The molecule has 20 heavy (non-hydrogen) atoms. The van der Waals surface area contributed by atoms with E-state index in [2.05, 4.69) is 10.4 Å². The molecule has 108 valence electrons. The van der Waals surface area contributed by atoms with Gasteiger partial charge in [-0.3, -0.25) is 4.68 Å². The summed E-state index contributed by atoms with van der Waals surface area (Å²) in [5.74, 6) is -0.0601. The summed E-state index contributed by atoms with van der Waals surface area (Å²) in [6.45, 7) is 1.98. The van der Waals surface area contributed by atoms with Crippen molar-refractivity contribution in [1.82, 2.24) is 15.1 Å². The summed E-state index contributed by atoms with van der Waals surface area (Å²) in [4.78, 5) is 0. The van der Waals surface area contributed by atoms with Gasteiger partial charge in [0.05, 0.1) is 12.8 Å². The van der Waals surface area contributed by atoms with Gasteiger partial charge in [-0.1, -0.05) is 6.07 Å². The van der Waals surface area contributed by atoms with E-state index >= 15 is 0 Å². The monoisotopic (exact) mass is 277 g/mol. The number of likely N-dealkylation sites (N-methyl/N-ethyl adjacent to an activating group) is 1. The van der Waals surface area contributed by atoms with Gasteiger partial charge in [0.15, 0.2) is 11.6 Å². The average Bonchev–Trinajstić information content (AvgIpc) is 2.75. The Morgan fingerprint density at radius 3 is 2.70 bits per heavy atom. The summed E-state index contributed by atoms with van der Waals surface area (Å²) in [5.41, 5.74) is 3.04. The second-order valence-corrected chi connectivity index (χ2v) is 4.86. The quantitative estimate of drug-likeness (QED) is 0.912. The first-order chi connectivity index (χ1) is 9.55. The number of aryl methyl sites for hydroxylation is 2. The molecule has 0 aliphatic rings. The smallest absolute Gasteiger partial charge is 0.165 e. The summed E-state index contributed by atoms with van der Waals surface area (Å²) in [6, 6.07) is 5.18. The van der Waals surface area contributed by atoms with Crippen LogP contribution in [0.1, 0.15) is 22.9 Å². The van der Waals surface area contributed by atoms with E-state index in [0.717, 1.165) is 16.8 Å². The van der Waals surface area contributed by atoms with Crippen LogP contribution >= 0.6 is 0 Å². The predicted octanol–water partition coefficient (Wildman–Crippen LogP) is 2.38. The highest BCUT2D eigenvalue weighted by Gasteiger charge is 2.16. The molecule has 1 N–H and O–H groups in total. The topological polar surface area (TPSA) is 39.1 Å². The Hall–Kier alpha value is -1.88. The molecule has 2 rings (SSSR count). The van der Waals surface area contributed by atoms with Gasteiger partial charge in [-0.25, -0.2) is 4.39 Å². The van der Waals surface area contributed by atoms with Crippen LogP contribution in [0.5, 0.6) is 5.75 Å². The van der Waals surface area contributed by atoms with Gasteiger partial charge in [0.2, 0.25) is 0 Å². The lowest BCUT2D eigenvalue weighted by atomic mass is 9.99. The number of aromatic nitrogens is 2. The first-order valence-electron chi connectivity index (χ1n) is 6.55. The van der Waals surface area contributed by atoms with Gasteiger partial charge in [-0.2, -0.15) is 5.10 Å². The lowest BCUT2D eigenvalue weighted by Gasteiger charge is -2.16. The molecule has 0 spiro atoms. The maximum atomic E-state index is 13.7. The molecule has 1 unspecified atom stereocenters. The third kappa shape index (κ3) is 2.99. The van der Waals surface area contributed by atoms with Crippen molar-refractivity contribution in [2.45, 2.75) is 19.4 Å². The van der Waals surface area contributed by atoms with Crippen LogP contribution in [0.15, 0.2) is 24.4 Å². The number of hydrogen-bond acceptors (Lipinski definition) is 3. The largest absolute Gasteiger partial charge is 0.494 e. The van der Waals surface area contributed by atoms with Crippen LogP contribution in [-0.2, 0) is 13.5 Å². The van der Waals surface area contributed by atoms with Crippen molar-refractivity contribution in [3.05, 3.63) is 47.0 Å². The fraction of sp³-hybridized carbons (Fsp3) is 0.400. The van der Waals surface area contributed by atoms with E-state index < -0.39 is 0 Å². The van der Waals surface area contributed by atoms with Crippen LogP contribution in [0, 0.1) is 12.7 Å². The number of nitrogens with zero attached hydrogens (tertiary/aromatic N) is 2. The van der Waals surface area contributed by atoms with E-state index in [0.29, 0.717) is 6.42 Å². The number of nitrogens with one attached hydrogen (secondary N) is 1. The molecule has 1 atom stereocenters. The van der Waals surface area contributed by atoms with E-state index in [1.165, 1.54) is 13.2 Å². The molecule has 1 aromatic heterocycles. The van der Waals surface area contributed by atoms with Crippen LogP contribution in [0.25, 0.3) is 0 Å². The number of hydrogen-bond donors (Lipinski definition) is 1. The zero-order chi connectivity index (χ0) is 14.7. The Kier molecular flexibility index (Phi) is 4.39. The lowest BCUT2D eigenvalue weighted by Crippen LogP contribution is -2.19. The second kappa shape index (κ2) is 6.05. The van der Waals surface area contributed by atoms with Gasteiger partial charge in [0.25, 0.3) is 0 Å². The maximum absolute atomic E-state index is 13.7. The Labute approximate surface area is 118 Å². The summed E-state index contributed by atoms with van der Waals surface area (Å²) in [7, 11) is 5.26. The minimum atomic E-state index is -0.331. The minimum Gasteiger partial charge on any atom is -0.494 e. The molecule has 0 saturated carbocycles. The third-order valence-corrected chi connectivity index (χ3v) is 3.43. The van der Waals surface area contributed by atoms with Crippen molar-refractivity contribution >= 4 is 0 Å².